The van der Waals surface area contributed by atoms with E-state index < -0.39 is 0 Å². The van der Waals surface area contributed by atoms with Gasteiger partial charge in [-0.25, -0.2) is 4.31 Å². The molecular weight excluding hydrogens is 512 g/mol. The topological polar surface area (TPSA) is 91.7 Å². The highest BCUT2D eigenvalue weighted by atomic mass is 32.2. The van der Waals surface area contributed by atoms with E-state index in [9.17, 15) is 9.59 Å². The molecule has 2 heterocycles. The molecule has 1 saturated carbocycles. The minimum Gasteiger partial charge on any atom is -0.494 e. The van der Waals surface area contributed by atoms with Crippen LogP contribution in [0.2, 0.25) is 0 Å². The summed E-state index contributed by atoms with van der Waals surface area (Å²) < 4.78 is 9.65. The van der Waals surface area contributed by atoms with E-state index in [0.29, 0.717) is 36.0 Å². The lowest BCUT2D eigenvalue weighted by molar-refractivity contribution is 0.0703. The van der Waals surface area contributed by atoms with Crippen LogP contribution < -0.4 is 15.4 Å². The summed E-state index contributed by atoms with van der Waals surface area (Å²) in [7, 11) is 3.44. The van der Waals surface area contributed by atoms with Crippen molar-refractivity contribution in [2.45, 2.75) is 31.8 Å². The Bertz CT molecular complexity index is 1310. The van der Waals surface area contributed by atoms with E-state index in [2.05, 4.69) is 26.3 Å². The van der Waals surface area contributed by atoms with E-state index in [1.54, 1.807) is 30.8 Å². The van der Waals surface area contributed by atoms with Crippen molar-refractivity contribution in [1.29, 1.82) is 0 Å². The monoisotopic (exact) mass is 548 g/mol. The number of hydrogen-bond acceptors (Lipinski definition) is 7. The van der Waals surface area contributed by atoms with Crippen molar-refractivity contribution in [2.75, 3.05) is 44.9 Å². The highest BCUT2D eigenvalue weighted by molar-refractivity contribution is 7.96. The van der Waals surface area contributed by atoms with Gasteiger partial charge in [0.25, 0.3) is 11.8 Å². The van der Waals surface area contributed by atoms with Crippen molar-refractivity contribution in [1.82, 2.24) is 24.3 Å². The van der Waals surface area contributed by atoms with Crippen molar-refractivity contribution in [3.8, 4) is 5.75 Å². The zero-order valence-corrected chi connectivity index (χ0v) is 23.6. The molecule has 2 amide bonds. The van der Waals surface area contributed by atoms with Crippen molar-refractivity contribution >= 4 is 29.4 Å². The number of piperazine rings is 1. The Morgan fingerprint density at radius 1 is 1.05 bits per heavy atom. The Hall–Kier alpha value is -3.50. The number of carbonyl (C=O) groups is 2. The first-order valence-corrected chi connectivity index (χ1v) is 14.5. The summed E-state index contributed by atoms with van der Waals surface area (Å²) in [6, 6.07) is 15.5. The van der Waals surface area contributed by atoms with E-state index in [1.165, 1.54) is 0 Å². The maximum absolute atomic E-state index is 12.9. The Morgan fingerprint density at radius 2 is 1.79 bits per heavy atom. The van der Waals surface area contributed by atoms with Crippen LogP contribution in [0.5, 0.6) is 5.75 Å². The molecule has 0 atom stereocenters. The molecule has 39 heavy (non-hydrogen) atoms. The lowest BCUT2D eigenvalue weighted by Gasteiger charge is -2.33. The molecule has 1 saturated heterocycles. The fraction of sp³-hybridized carbons (Fsp3) is 0.414. The molecule has 2 fully saturated rings. The van der Waals surface area contributed by atoms with Crippen molar-refractivity contribution in [3.05, 3.63) is 76.6 Å². The highest BCUT2D eigenvalue weighted by Gasteiger charge is 2.28. The number of rotatable bonds is 10. The Morgan fingerprint density at radius 3 is 2.46 bits per heavy atom. The van der Waals surface area contributed by atoms with Crippen LogP contribution in [0.15, 0.2) is 48.5 Å². The zero-order valence-electron chi connectivity index (χ0n) is 22.8. The normalized spacial score (nSPS) is 15.7. The van der Waals surface area contributed by atoms with Crippen molar-refractivity contribution < 1.29 is 14.3 Å². The number of methoxy groups -OCH3 is 1. The van der Waals surface area contributed by atoms with Gasteiger partial charge in [-0.1, -0.05) is 36.2 Å². The average Bonchev–Trinajstić information content (AvgIpc) is 3.75. The quantitative estimate of drug-likeness (QED) is 0.372. The second-order valence-electron chi connectivity index (χ2n) is 9.99. The first-order chi connectivity index (χ1) is 19.0. The lowest BCUT2D eigenvalue weighted by atomic mass is 10.1. The van der Waals surface area contributed by atoms with Crippen LogP contribution in [0.1, 0.15) is 56.4 Å². The minimum atomic E-state index is -0.155. The van der Waals surface area contributed by atoms with Crippen LogP contribution >= 0.6 is 11.9 Å². The molecule has 206 valence electrons. The smallest absolute Gasteiger partial charge is 0.269 e. The number of hydrogen-bond donors (Lipinski definition) is 2. The summed E-state index contributed by atoms with van der Waals surface area (Å²) in [4.78, 5) is 27.7. The van der Waals surface area contributed by atoms with E-state index in [4.69, 9.17) is 4.74 Å². The molecule has 1 aliphatic heterocycles. The molecule has 9 nitrogen and oxygen atoms in total. The minimum absolute atomic E-state index is 0.0848. The summed E-state index contributed by atoms with van der Waals surface area (Å²) in [5, 5.41) is 10.9. The maximum atomic E-state index is 12.9. The average molecular weight is 549 g/mol. The molecule has 2 N–H and O–H groups in total. The zero-order chi connectivity index (χ0) is 27.4. The number of amides is 2. The van der Waals surface area contributed by atoms with Gasteiger partial charge in [0.05, 0.1) is 18.5 Å². The van der Waals surface area contributed by atoms with Gasteiger partial charge in [0.2, 0.25) is 0 Å². The number of nitrogens with one attached hydrogen (secondary N) is 2. The van der Waals surface area contributed by atoms with Gasteiger partial charge in [-0.05, 0) is 48.9 Å². The second kappa shape index (κ2) is 12.1. The molecule has 0 unspecified atom stereocenters. The molecule has 10 heteroatoms. The fourth-order valence-electron chi connectivity index (χ4n) is 4.87. The molecule has 1 aromatic heterocycles. The highest BCUT2D eigenvalue weighted by Crippen LogP contribution is 2.39. The molecular formula is C29H36N6O3S. The number of carbonyl (C=O) groups excluding carboxylic acids is 2. The van der Waals surface area contributed by atoms with Crippen LogP contribution in [0.3, 0.4) is 0 Å². The van der Waals surface area contributed by atoms with Gasteiger partial charge in [0.1, 0.15) is 11.4 Å². The Balaban J connectivity index is 1.17. The fourth-order valence-corrected chi connectivity index (χ4v) is 5.40. The molecule has 1 aliphatic carbocycles. The Labute approximate surface area is 234 Å². The first kappa shape index (κ1) is 27.1. The summed E-state index contributed by atoms with van der Waals surface area (Å²) >= 11 is 1.73. The SMILES string of the molecule is COc1c(CNC(=O)c2cc(C3CC3)nn2C)cccc1NCc1ccc(C(=O)N2CCN(SC)CC2)cc1. The van der Waals surface area contributed by atoms with Crippen LogP contribution in [-0.2, 0) is 20.1 Å². The number of nitrogens with zero attached hydrogens (tertiary/aromatic N) is 4. The molecule has 2 aromatic carbocycles. The molecule has 0 bridgehead atoms. The first-order valence-electron chi connectivity index (χ1n) is 13.4. The Kier molecular flexibility index (Phi) is 8.42. The summed E-state index contributed by atoms with van der Waals surface area (Å²) in [6.45, 7) is 4.20. The predicted octanol–water partition coefficient (Wildman–Crippen LogP) is 3.88. The third-order valence-electron chi connectivity index (χ3n) is 7.33. The number of anilines is 1. The van der Waals surface area contributed by atoms with Crippen LogP contribution in [0.25, 0.3) is 0 Å². The van der Waals surface area contributed by atoms with Gasteiger partial charge >= 0.3 is 0 Å². The van der Waals surface area contributed by atoms with Gasteiger partial charge in [-0.3, -0.25) is 14.3 Å². The molecule has 5 rings (SSSR count). The molecule has 3 aromatic rings. The number of para-hydroxylation sites is 1. The van der Waals surface area contributed by atoms with E-state index >= 15 is 0 Å². The van der Waals surface area contributed by atoms with Crippen LogP contribution in [-0.4, -0.2) is 70.3 Å². The summed E-state index contributed by atoms with van der Waals surface area (Å²) in [6.07, 6.45) is 4.36. The van der Waals surface area contributed by atoms with Gasteiger partial charge in [-0.2, -0.15) is 5.10 Å². The van der Waals surface area contributed by atoms with E-state index in [-0.39, 0.29) is 11.8 Å². The van der Waals surface area contributed by atoms with Crippen LogP contribution in [0.4, 0.5) is 5.69 Å². The predicted molar refractivity (Wildman–Crippen MR) is 154 cm³/mol. The number of aryl methyl sites for hydroxylation is 1. The van der Waals surface area contributed by atoms with E-state index in [0.717, 1.165) is 61.5 Å². The third-order valence-corrected chi connectivity index (χ3v) is 8.22. The van der Waals surface area contributed by atoms with Gasteiger partial charge in [-0.15, -0.1) is 0 Å². The van der Waals surface area contributed by atoms with Crippen molar-refractivity contribution in [3.63, 3.8) is 0 Å². The standard InChI is InChI=1S/C29H36N6O3S/c1-33-26(17-25(32-33)21-11-12-21)28(36)31-19-23-5-4-6-24(27(23)38-2)30-18-20-7-9-22(10-8-20)29(37)34-13-15-35(39-3)16-14-34/h4-10,17,21,30H,11-16,18-19H2,1-3H3,(H,31,36). The van der Waals surface area contributed by atoms with Crippen LogP contribution in [0, 0.1) is 0 Å². The second-order valence-corrected chi connectivity index (χ2v) is 10.9. The van der Waals surface area contributed by atoms with Gasteiger partial charge in [0.15, 0.2) is 0 Å². The van der Waals surface area contributed by atoms with Gasteiger partial charge in [0, 0.05) is 63.4 Å². The van der Waals surface area contributed by atoms with Crippen molar-refractivity contribution in [2.24, 2.45) is 7.05 Å². The largest absolute Gasteiger partial charge is 0.494 e. The number of benzene rings is 2. The molecule has 0 radical (unpaired) electrons. The van der Waals surface area contributed by atoms with Gasteiger partial charge < -0.3 is 20.3 Å². The lowest BCUT2D eigenvalue weighted by Crippen LogP contribution is -2.46. The summed E-state index contributed by atoms with van der Waals surface area (Å²) in [5.41, 5.74) is 5.05. The molecule has 2 aliphatic rings. The summed E-state index contributed by atoms with van der Waals surface area (Å²) in [5.74, 6) is 1.12. The third kappa shape index (κ3) is 6.39. The molecule has 0 spiro atoms. The van der Waals surface area contributed by atoms with E-state index in [1.807, 2.05) is 53.4 Å². The number of ether oxygens (including phenoxy) is 1. The number of aromatic nitrogens is 2. The maximum Gasteiger partial charge on any atom is 0.269 e.